The van der Waals surface area contributed by atoms with Gasteiger partial charge in [-0.25, -0.2) is 0 Å². The minimum absolute atomic E-state index is 0.290. The van der Waals surface area contributed by atoms with Crippen molar-refractivity contribution in [1.29, 1.82) is 0 Å². The van der Waals surface area contributed by atoms with Crippen LogP contribution in [0, 0.1) is 13.8 Å². The molecule has 2 N–H and O–H groups in total. The smallest absolute Gasteiger partial charge is 0.128 e. The lowest BCUT2D eigenvalue weighted by molar-refractivity contribution is 0.406. The molecule has 0 radical (unpaired) electrons. The minimum atomic E-state index is -0.290. The van der Waals surface area contributed by atoms with E-state index in [9.17, 15) is 0 Å². The molecule has 1 atom stereocenters. The van der Waals surface area contributed by atoms with Gasteiger partial charge in [0.25, 0.3) is 0 Å². The number of nitrogens with two attached hydrogens (primary N) is 1. The molecule has 0 aromatic carbocycles. The van der Waals surface area contributed by atoms with Gasteiger partial charge in [0.05, 0.1) is 23.9 Å². The van der Waals surface area contributed by atoms with Gasteiger partial charge >= 0.3 is 0 Å². The number of aromatic nitrogens is 2. The highest BCUT2D eigenvalue weighted by molar-refractivity contribution is 6.31. The number of ether oxygens (including phenoxy) is 1. The second kappa shape index (κ2) is 6.20. The quantitative estimate of drug-likeness (QED) is 0.941. The molecule has 0 bridgehead atoms. The SMILES string of the molecule is COc1c(C)cnc(CC(N)c2ncccc2Cl)c1C. The molecule has 0 saturated carbocycles. The maximum atomic E-state index is 6.20. The molecular weight excluding hydrogens is 274 g/mol. The molecule has 0 spiro atoms. The minimum Gasteiger partial charge on any atom is -0.496 e. The van der Waals surface area contributed by atoms with Gasteiger partial charge in [-0.05, 0) is 26.0 Å². The third kappa shape index (κ3) is 2.92. The zero-order valence-electron chi connectivity index (χ0n) is 11.9. The Hall–Kier alpha value is -1.65. The van der Waals surface area contributed by atoms with Gasteiger partial charge in [0.15, 0.2) is 0 Å². The Balaban J connectivity index is 2.29. The Labute approximate surface area is 124 Å². The molecule has 2 aromatic heterocycles. The Morgan fingerprint density at radius 1 is 1.35 bits per heavy atom. The maximum Gasteiger partial charge on any atom is 0.128 e. The largest absolute Gasteiger partial charge is 0.496 e. The lowest BCUT2D eigenvalue weighted by Crippen LogP contribution is -2.17. The van der Waals surface area contributed by atoms with Crippen molar-refractivity contribution < 1.29 is 4.74 Å². The van der Waals surface area contributed by atoms with Crippen LogP contribution >= 0.6 is 11.6 Å². The van der Waals surface area contributed by atoms with Crippen LogP contribution in [-0.2, 0) is 6.42 Å². The molecule has 0 aliphatic carbocycles. The van der Waals surface area contributed by atoms with E-state index in [0.29, 0.717) is 17.1 Å². The Kier molecular flexibility index (Phi) is 4.57. The van der Waals surface area contributed by atoms with Crippen LogP contribution in [0.1, 0.15) is 28.6 Å². The summed E-state index contributed by atoms with van der Waals surface area (Å²) in [4.78, 5) is 8.70. The van der Waals surface area contributed by atoms with E-state index in [1.54, 1.807) is 31.6 Å². The maximum absolute atomic E-state index is 6.20. The number of aryl methyl sites for hydroxylation is 1. The van der Waals surface area contributed by atoms with E-state index in [4.69, 9.17) is 22.1 Å². The van der Waals surface area contributed by atoms with Gasteiger partial charge < -0.3 is 10.5 Å². The van der Waals surface area contributed by atoms with E-state index in [2.05, 4.69) is 9.97 Å². The van der Waals surface area contributed by atoms with Crippen molar-refractivity contribution >= 4 is 11.6 Å². The van der Waals surface area contributed by atoms with Crippen LogP contribution in [0.3, 0.4) is 0 Å². The molecule has 5 heteroatoms. The summed E-state index contributed by atoms with van der Waals surface area (Å²) in [6.07, 6.45) is 4.06. The molecule has 0 fully saturated rings. The van der Waals surface area contributed by atoms with E-state index in [0.717, 1.165) is 22.6 Å². The monoisotopic (exact) mass is 291 g/mol. The molecule has 2 heterocycles. The van der Waals surface area contributed by atoms with E-state index < -0.39 is 0 Å². The second-order valence-corrected chi connectivity index (χ2v) is 5.13. The number of hydrogen-bond donors (Lipinski definition) is 1. The first-order valence-corrected chi connectivity index (χ1v) is 6.77. The van der Waals surface area contributed by atoms with Crippen LogP contribution in [-0.4, -0.2) is 17.1 Å². The summed E-state index contributed by atoms with van der Waals surface area (Å²) in [6, 6.07) is 3.29. The fourth-order valence-corrected chi connectivity index (χ4v) is 2.51. The van der Waals surface area contributed by atoms with Crippen LogP contribution in [0.15, 0.2) is 24.5 Å². The predicted octanol–water partition coefficient (Wildman–Crippen LogP) is 3.00. The van der Waals surface area contributed by atoms with Crippen LogP contribution in [0.5, 0.6) is 5.75 Å². The highest BCUT2D eigenvalue weighted by Gasteiger charge is 2.16. The molecule has 4 nitrogen and oxygen atoms in total. The highest BCUT2D eigenvalue weighted by atomic mass is 35.5. The molecule has 2 aromatic rings. The standard InChI is InChI=1S/C15H18ClN3O/c1-9-8-19-13(10(2)15(9)20-3)7-12(17)14-11(16)5-4-6-18-14/h4-6,8,12H,7,17H2,1-3H3. The van der Waals surface area contributed by atoms with Gasteiger partial charge in [-0.2, -0.15) is 0 Å². The van der Waals surface area contributed by atoms with Gasteiger partial charge in [-0.1, -0.05) is 11.6 Å². The fourth-order valence-electron chi connectivity index (χ4n) is 2.25. The number of halogens is 1. The summed E-state index contributed by atoms with van der Waals surface area (Å²) in [7, 11) is 1.66. The van der Waals surface area contributed by atoms with Gasteiger partial charge in [-0.15, -0.1) is 0 Å². The normalized spacial score (nSPS) is 12.2. The Bertz CT molecular complexity index is 616. The van der Waals surface area contributed by atoms with Crippen LogP contribution < -0.4 is 10.5 Å². The zero-order chi connectivity index (χ0) is 14.7. The number of hydrogen-bond acceptors (Lipinski definition) is 4. The van der Waals surface area contributed by atoms with Gasteiger partial charge in [-0.3, -0.25) is 9.97 Å². The van der Waals surface area contributed by atoms with Crippen molar-refractivity contribution in [2.75, 3.05) is 7.11 Å². The highest BCUT2D eigenvalue weighted by Crippen LogP contribution is 2.27. The summed E-state index contributed by atoms with van der Waals surface area (Å²) in [5.41, 5.74) is 9.81. The summed E-state index contributed by atoms with van der Waals surface area (Å²) >= 11 is 6.12. The Morgan fingerprint density at radius 3 is 2.75 bits per heavy atom. The molecule has 0 amide bonds. The second-order valence-electron chi connectivity index (χ2n) is 4.73. The van der Waals surface area contributed by atoms with Crippen LogP contribution in [0.2, 0.25) is 5.02 Å². The Morgan fingerprint density at radius 2 is 2.10 bits per heavy atom. The van der Waals surface area contributed by atoms with Gasteiger partial charge in [0.1, 0.15) is 5.75 Å². The first-order chi connectivity index (χ1) is 9.54. The number of methoxy groups -OCH3 is 1. The first-order valence-electron chi connectivity index (χ1n) is 6.39. The van der Waals surface area contributed by atoms with Crippen LogP contribution in [0.25, 0.3) is 0 Å². The average molecular weight is 292 g/mol. The topological polar surface area (TPSA) is 61.0 Å². The molecule has 106 valence electrons. The average Bonchev–Trinajstić information content (AvgIpc) is 2.43. The van der Waals surface area contributed by atoms with Crippen molar-refractivity contribution in [3.8, 4) is 5.75 Å². The summed E-state index contributed by atoms with van der Waals surface area (Å²) in [6.45, 7) is 3.96. The van der Waals surface area contributed by atoms with E-state index in [1.165, 1.54) is 0 Å². The summed E-state index contributed by atoms with van der Waals surface area (Å²) in [5.74, 6) is 0.856. The molecular formula is C15H18ClN3O. The molecule has 0 aliphatic heterocycles. The summed E-state index contributed by atoms with van der Waals surface area (Å²) < 4.78 is 5.40. The van der Waals surface area contributed by atoms with E-state index in [-0.39, 0.29) is 6.04 Å². The zero-order valence-corrected chi connectivity index (χ0v) is 12.6. The number of rotatable bonds is 4. The molecule has 0 saturated heterocycles. The lowest BCUT2D eigenvalue weighted by atomic mass is 10.0. The van der Waals surface area contributed by atoms with Crippen LogP contribution in [0.4, 0.5) is 0 Å². The molecule has 1 unspecified atom stereocenters. The van der Waals surface area contributed by atoms with Crippen molar-refractivity contribution in [2.45, 2.75) is 26.3 Å². The number of pyridine rings is 2. The summed E-state index contributed by atoms with van der Waals surface area (Å²) in [5, 5.41) is 0.580. The van der Waals surface area contributed by atoms with Gasteiger partial charge in [0.2, 0.25) is 0 Å². The van der Waals surface area contributed by atoms with E-state index in [1.807, 2.05) is 13.8 Å². The van der Waals surface area contributed by atoms with Crippen molar-refractivity contribution in [1.82, 2.24) is 9.97 Å². The third-order valence-electron chi connectivity index (χ3n) is 3.30. The number of nitrogens with zero attached hydrogens (tertiary/aromatic N) is 2. The van der Waals surface area contributed by atoms with E-state index >= 15 is 0 Å². The van der Waals surface area contributed by atoms with Gasteiger partial charge in [0, 0.05) is 35.6 Å². The van der Waals surface area contributed by atoms with Crippen molar-refractivity contribution in [3.05, 3.63) is 52.1 Å². The van der Waals surface area contributed by atoms with Crippen molar-refractivity contribution in [2.24, 2.45) is 5.73 Å². The lowest BCUT2D eigenvalue weighted by Gasteiger charge is -2.16. The third-order valence-corrected chi connectivity index (χ3v) is 3.62. The fraction of sp³-hybridized carbons (Fsp3) is 0.333. The van der Waals surface area contributed by atoms with Crippen molar-refractivity contribution in [3.63, 3.8) is 0 Å². The predicted molar refractivity (Wildman–Crippen MR) is 80.1 cm³/mol. The molecule has 0 aliphatic rings. The molecule has 2 rings (SSSR count). The first kappa shape index (κ1) is 14.8. The molecule has 20 heavy (non-hydrogen) atoms.